The van der Waals surface area contributed by atoms with Crippen LogP contribution < -0.4 is 4.90 Å². The van der Waals surface area contributed by atoms with Gasteiger partial charge in [0.15, 0.2) is 0 Å². The standard InChI is InChI=1S/C13H12N4OS2/c1-5-19-11-9(1)15-8-16-12(11)17-3-4-18-10(7-17)13-14-2-6-20-13/h1-2,5-6,8,10H,3-4,7H2/t10-/m0/s1. The summed E-state index contributed by atoms with van der Waals surface area (Å²) in [5, 5.41) is 5.08. The van der Waals surface area contributed by atoms with Crippen molar-refractivity contribution in [2.75, 3.05) is 24.6 Å². The second-order valence-electron chi connectivity index (χ2n) is 4.51. The van der Waals surface area contributed by atoms with Gasteiger partial charge in [-0.1, -0.05) is 0 Å². The van der Waals surface area contributed by atoms with E-state index in [4.69, 9.17) is 4.74 Å². The number of hydrogen-bond donors (Lipinski definition) is 0. The largest absolute Gasteiger partial charge is 0.367 e. The molecule has 0 aromatic carbocycles. The normalized spacial score (nSPS) is 19.6. The Morgan fingerprint density at radius 1 is 1.20 bits per heavy atom. The minimum absolute atomic E-state index is 0.0359. The predicted molar refractivity (Wildman–Crippen MR) is 80.4 cm³/mol. The molecule has 7 heteroatoms. The van der Waals surface area contributed by atoms with E-state index < -0.39 is 0 Å². The fraction of sp³-hybridized carbons (Fsp3) is 0.308. The van der Waals surface area contributed by atoms with Gasteiger partial charge in [0.2, 0.25) is 0 Å². The molecule has 0 spiro atoms. The minimum atomic E-state index is 0.0359. The molecule has 3 aromatic rings. The highest BCUT2D eigenvalue weighted by molar-refractivity contribution is 7.17. The summed E-state index contributed by atoms with van der Waals surface area (Å²) in [6.07, 6.45) is 3.50. The first kappa shape index (κ1) is 12.2. The quantitative estimate of drug-likeness (QED) is 0.728. The van der Waals surface area contributed by atoms with Gasteiger partial charge in [0.05, 0.1) is 23.4 Å². The average Bonchev–Trinajstić information content (AvgIpc) is 3.18. The zero-order valence-electron chi connectivity index (χ0n) is 10.6. The first-order chi connectivity index (χ1) is 9.92. The van der Waals surface area contributed by atoms with E-state index >= 15 is 0 Å². The van der Waals surface area contributed by atoms with Crippen molar-refractivity contribution in [2.24, 2.45) is 0 Å². The van der Waals surface area contributed by atoms with Gasteiger partial charge in [0.1, 0.15) is 23.3 Å². The van der Waals surface area contributed by atoms with Crippen LogP contribution in [0.4, 0.5) is 5.82 Å². The third kappa shape index (κ3) is 2.07. The monoisotopic (exact) mass is 304 g/mol. The zero-order valence-corrected chi connectivity index (χ0v) is 12.2. The SMILES string of the molecule is c1csc([C@@H]2CN(c3ncnc4ccsc34)CCO2)n1. The first-order valence-corrected chi connectivity index (χ1v) is 8.12. The molecule has 1 atom stereocenters. The summed E-state index contributed by atoms with van der Waals surface area (Å²) in [6.45, 7) is 2.34. The van der Waals surface area contributed by atoms with Crippen molar-refractivity contribution in [3.8, 4) is 0 Å². The Labute approximate surface area is 123 Å². The number of thiazole rings is 1. The Morgan fingerprint density at radius 2 is 2.20 bits per heavy atom. The van der Waals surface area contributed by atoms with Crippen LogP contribution in [0, 0.1) is 0 Å². The molecular formula is C13H12N4OS2. The Balaban J connectivity index is 1.66. The summed E-state index contributed by atoms with van der Waals surface area (Å²) in [7, 11) is 0. The van der Waals surface area contributed by atoms with Crippen LogP contribution >= 0.6 is 22.7 Å². The van der Waals surface area contributed by atoms with Crippen LogP contribution in [0.5, 0.6) is 0 Å². The second-order valence-corrected chi connectivity index (χ2v) is 6.35. The van der Waals surface area contributed by atoms with Gasteiger partial charge in [-0.05, 0) is 11.4 Å². The highest BCUT2D eigenvalue weighted by Gasteiger charge is 2.26. The molecular weight excluding hydrogens is 292 g/mol. The highest BCUT2D eigenvalue weighted by atomic mass is 32.1. The number of nitrogens with zero attached hydrogens (tertiary/aromatic N) is 4. The molecule has 1 saturated heterocycles. The number of thiophene rings is 1. The Hall–Kier alpha value is -1.57. The Morgan fingerprint density at radius 3 is 3.10 bits per heavy atom. The lowest BCUT2D eigenvalue weighted by atomic mass is 10.2. The summed E-state index contributed by atoms with van der Waals surface area (Å²) in [6, 6.07) is 2.03. The van der Waals surface area contributed by atoms with E-state index in [1.165, 1.54) is 0 Å². The molecule has 1 fully saturated rings. The maximum atomic E-state index is 5.83. The molecule has 102 valence electrons. The molecule has 0 unspecified atom stereocenters. The van der Waals surface area contributed by atoms with Gasteiger partial charge in [0.25, 0.3) is 0 Å². The summed E-state index contributed by atoms with van der Waals surface area (Å²) < 4.78 is 6.98. The highest BCUT2D eigenvalue weighted by Crippen LogP contribution is 2.32. The van der Waals surface area contributed by atoms with Crippen LogP contribution in [0.3, 0.4) is 0 Å². The van der Waals surface area contributed by atoms with E-state index in [9.17, 15) is 0 Å². The molecule has 4 rings (SSSR count). The molecule has 0 amide bonds. The van der Waals surface area contributed by atoms with Crippen molar-refractivity contribution in [1.82, 2.24) is 15.0 Å². The van der Waals surface area contributed by atoms with Gasteiger partial charge in [-0.2, -0.15) is 0 Å². The van der Waals surface area contributed by atoms with Crippen LogP contribution in [0.25, 0.3) is 10.2 Å². The molecule has 0 bridgehead atoms. The maximum absolute atomic E-state index is 5.83. The van der Waals surface area contributed by atoms with Gasteiger partial charge in [-0.15, -0.1) is 22.7 Å². The number of anilines is 1. The third-order valence-corrected chi connectivity index (χ3v) is 5.08. The molecule has 0 saturated carbocycles. The second kappa shape index (κ2) is 5.08. The Bertz CT molecular complexity index is 712. The van der Waals surface area contributed by atoms with Gasteiger partial charge in [0, 0.05) is 18.1 Å². The summed E-state index contributed by atoms with van der Waals surface area (Å²) >= 11 is 3.32. The number of hydrogen-bond acceptors (Lipinski definition) is 7. The lowest BCUT2D eigenvalue weighted by molar-refractivity contribution is 0.0395. The van der Waals surface area contributed by atoms with Crippen LogP contribution in [0.15, 0.2) is 29.4 Å². The average molecular weight is 304 g/mol. The number of fused-ring (bicyclic) bond motifs is 1. The van der Waals surface area contributed by atoms with Crippen molar-refractivity contribution in [2.45, 2.75) is 6.10 Å². The van der Waals surface area contributed by atoms with E-state index in [1.807, 2.05) is 17.6 Å². The lowest BCUT2D eigenvalue weighted by Crippen LogP contribution is -2.38. The smallest absolute Gasteiger partial charge is 0.150 e. The van der Waals surface area contributed by atoms with Gasteiger partial charge >= 0.3 is 0 Å². The van der Waals surface area contributed by atoms with E-state index in [0.29, 0.717) is 6.61 Å². The molecule has 5 nitrogen and oxygen atoms in total. The lowest BCUT2D eigenvalue weighted by Gasteiger charge is -2.32. The summed E-state index contributed by atoms with van der Waals surface area (Å²) in [5.74, 6) is 1.01. The minimum Gasteiger partial charge on any atom is -0.367 e. The molecule has 0 N–H and O–H groups in total. The van der Waals surface area contributed by atoms with Crippen LogP contribution in [0.2, 0.25) is 0 Å². The topological polar surface area (TPSA) is 51.1 Å². The van der Waals surface area contributed by atoms with Crippen molar-refractivity contribution >= 4 is 38.7 Å². The van der Waals surface area contributed by atoms with Crippen molar-refractivity contribution in [3.05, 3.63) is 34.4 Å². The number of ether oxygens (including phenoxy) is 1. The number of rotatable bonds is 2. The molecule has 3 aromatic heterocycles. The maximum Gasteiger partial charge on any atom is 0.150 e. The van der Waals surface area contributed by atoms with Crippen molar-refractivity contribution in [1.29, 1.82) is 0 Å². The van der Waals surface area contributed by atoms with Crippen molar-refractivity contribution < 1.29 is 4.74 Å². The van der Waals surface area contributed by atoms with Crippen LogP contribution in [0.1, 0.15) is 11.1 Å². The number of aromatic nitrogens is 3. The predicted octanol–water partition coefficient (Wildman–Crippen LogP) is 2.73. The summed E-state index contributed by atoms with van der Waals surface area (Å²) in [5.41, 5.74) is 1.01. The van der Waals surface area contributed by atoms with E-state index in [1.54, 1.807) is 29.0 Å². The van der Waals surface area contributed by atoms with E-state index in [0.717, 1.165) is 34.1 Å². The molecule has 4 heterocycles. The fourth-order valence-electron chi connectivity index (χ4n) is 2.39. The van der Waals surface area contributed by atoms with Crippen LogP contribution in [-0.2, 0) is 4.74 Å². The van der Waals surface area contributed by atoms with Crippen LogP contribution in [-0.4, -0.2) is 34.6 Å². The summed E-state index contributed by atoms with van der Waals surface area (Å²) in [4.78, 5) is 15.4. The van der Waals surface area contributed by atoms with Gasteiger partial charge < -0.3 is 9.64 Å². The van der Waals surface area contributed by atoms with Crippen molar-refractivity contribution in [3.63, 3.8) is 0 Å². The van der Waals surface area contributed by atoms with Gasteiger partial charge in [-0.3, -0.25) is 0 Å². The first-order valence-electron chi connectivity index (χ1n) is 6.36. The van der Waals surface area contributed by atoms with E-state index in [-0.39, 0.29) is 6.10 Å². The molecule has 1 aliphatic rings. The van der Waals surface area contributed by atoms with E-state index in [2.05, 4.69) is 25.2 Å². The zero-order chi connectivity index (χ0) is 13.4. The fourth-order valence-corrected chi connectivity index (χ4v) is 3.92. The van der Waals surface area contributed by atoms with Gasteiger partial charge in [-0.25, -0.2) is 15.0 Å². The number of morpholine rings is 1. The molecule has 0 aliphatic carbocycles. The molecule has 20 heavy (non-hydrogen) atoms. The third-order valence-electron chi connectivity index (χ3n) is 3.32. The molecule has 1 aliphatic heterocycles. The Kier molecular flexibility index (Phi) is 3.10. The molecule has 0 radical (unpaired) electrons.